The predicted octanol–water partition coefficient (Wildman–Crippen LogP) is 1.05. The Hall–Kier alpha value is -2.60. The Bertz CT molecular complexity index is 970. The molecule has 0 bridgehead atoms. The minimum absolute atomic E-state index is 0.185. The van der Waals surface area contributed by atoms with Gasteiger partial charge >= 0.3 is 11.9 Å². The van der Waals surface area contributed by atoms with Gasteiger partial charge in [0.25, 0.3) is 5.91 Å². The van der Waals surface area contributed by atoms with Gasteiger partial charge in [-0.15, -0.1) is 11.8 Å². The van der Waals surface area contributed by atoms with Crippen LogP contribution in [0.2, 0.25) is 5.02 Å². The van der Waals surface area contributed by atoms with Gasteiger partial charge in [0.15, 0.2) is 0 Å². The Morgan fingerprint density at radius 2 is 2.09 bits per heavy atom. The molecule has 0 aliphatic carbocycles. The monoisotopic (exact) mass is 483 g/mol. The summed E-state index contributed by atoms with van der Waals surface area (Å²) in [5.74, 6) is -2.60. The standard InChI is InChI=1S/C20H22ClN3O7S/c1-10(23-31-7-12-4-3-5-14(21)6-12)17(26)22-15-18(27)24-16(20(28)29)13(8-30-11(2)25)9-32-19(15)24/h3-6,10,15,19,23H,7-9H2,1-2H3,(H,22,26)(H,28,29)/t10?,15-,19-/m1/s1. The number of thioether (sulfide) groups is 1. The van der Waals surface area contributed by atoms with Crippen molar-refractivity contribution in [1.29, 1.82) is 0 Å². The van der Waals surface area contributed by atoms with E-state index >= 15 is 0 Å². The zero-order valence-corrected chi connectivity index (χ0v) is 18.9. The molecule has 1 aromatic carbocycles. The van der Waals surface area contributed by atoms with E-state index in [1.54, 1.807) is 25.1 Å². The van der Waals surface area contributed by atoms with E-state index in [1.807, 2.05) is 6.07 Å². The van der Waals surface area contributed by atoms with Crippen LogP contribution in [0.1, 0.15) is 19.4 Å². The zero-order valence-electron chi connectivity index (χ0n) is 17.3. The number of nitrogens with zero attached hydrogens (tertiary/aromatic N) is 1. The van der Waals surface area contributed by atoms with Gasteiger partial charge in [0.2, 0.25) is 5.91 Å². The molecule has 32 heavy (non-hydrogen) atoms. The number of amides is 2. The predicted molar refractivity (Wildman–Crippen MR) is 115 cm³/mol. The molecule has 2 aliphatic rings. The lowest BCUT2D eigenvalue weighted by Crippen LogP contribution is -2.71. The minimum Gasteiger partial charge on any atom is -0.477 e. The molecule has 1 unspecified atom stereocenters. The summed E-state index contributed by atoms with van der Waals surface area (Å²) in [4.78, 5) is 54.3. The van der Waals surface area contributed by atoms with Gasteiger partial charge < -0.3 is 15.2 Å². The number of carbonyl (C=O) groups excluding carboxylic acids is 3. The summed E-state index contributed by atoms with van der Waals surface area (Å²) in [5, 5.41) is 12.2. The van der Waals surface area contributed by atoms with Gasteiger partial charge in [-0.2, -0.15) is 5.48 Å². The highest BCUT2D eigenvalue weighted by atomic mass is 35.5. The molecule has 2 heterocycles. The van der Waals surface area contributed by atoms with Crippen molar-refractivity contribution < 1.29 is 33.9 Å². The molecule has 10 nitrogen and oxygen atoms in total. The average molecular weight is 484 g/mol. The molecule has 2 amide bonds. The molecule has 1 fully saturated rings. The fourth-order valence-electron chi connectivity index (χ4n) is 3.19. The smallest absolute Gasteiger partial charge is 0.352 e. The largest absolute Gasteiger partial charge is 0.477 e. The molecule has 3 atom stereocenters. The first-order valence-electron chi connectivity index (χ1n) is 9.64. The third-order valence-electron chi connectivity index (χ3n) is 4.78. The summed E-state index contributed by atoms with van der Waals surface area (Å²) in [6.07, 6.45) is 0. The van der Waals surface area contributed by atoms with Crippen LogP contribution < -0.4 is 10.8 Å². The summed E-state index contributed by atoms with van der Waals surface area (Å²) < 4.78 is 4.89. The van der Waals surface area contributed by atoms with Gasteiger partial charge in [-0.1, -0.05) is 23.7 Å². The molecule has 0 radical (unpaired) electrons. The average Bonchev–Trinajstić information content (AvgIpc) is 2.74. The molecular weight excluding hydrogens is 462 g/mol. The second kappa shape index (κ2) is 10.3. The topological polar surface area (TPSA) is 134 Å². The Balaban J connectivity index is 1.55. The van der Waals surface area contributed by atoms with E-state index in [-0.39, 0.29) is 24.7 Å². The van der Waals surface area contributed by atoms with Gasteiger partial charge in [-0.3, -0.25) is 24.1 Å². The number of rotatable bonds is 9. The number of hydroxylamine groups is 1. The number of carboxylic acids is 1. The maximum atomic E-state index is 12.6. The van der Waals surface area contributed by atoms with Crippen LogP contribution >= 0.6 is 23.4 Å². The lowest BCUT2D eigenvalue weighted by Gasteiger charge is -2.49. The van der Waals surface area contributed by atoms with E-state index in [1.165, 1.54) is 18.7 Å². The first-order chi connectivity index (χ1) is 15.2. The first kappa shape index (κ1) is 24.1. The number of ether oxygens (including phenoxy) is 1. The Morgan fingerprint density at radius 3 is 2.75 bits per heavy atom. The van der Waals surface area contributed by atoms with Crippen LogP contribution in [0, 0.1) is 0 Å². The van der Waals surface area contributed by atoms with Crippen molar-refractivity contribution in [2.75, 3.05) is 12.4 Å². The molecule has 0 aromatic heterocycles. The van der Waals surface area contributed by atoms with Crippen molar-refractivity contribution in [3.8, 4) is 0 Å². The van der Waals surface area contributed by atoms with E-state index in [9.17, 15) is 24.3 Å². The molecule has 0 saturated carbocycles. The minimum atomic E-state index is -1.29. The molecule has 0 spiro atoms. The summed E-state index contributed by atoms with van der Waals surface area (Å²) in [6.45, 7) is 2.77. The highest BCUT2D eigenvalue weighted by Gasteiger charge is 2.54. The number of aliphatic carboxylic acids is 1. The van der Waals surface area contributed by atoms with E-state index in [0.717, 1.165) is 10.5 Å². The molecular formula is C20H22ClN3O7S. The molecule has 172 valence electrons. The molecule has 3 rings (SSSR count). The fraction of sp³-hybridized carbons (Fsp3) is 0.400. The lowest BCUT2D eigenvalue weighted by molar-refractivity contribution is -0.151. The SMILES string of the molecule is CC(=O)OCC1=C(C(=O)O)N2C(=O)[C@@H](NC(=O)C(C)NOCc3cccc(Cl)c3)[C@H]2SC1. The Morgan fingerprint density at radius 1 is 1.34 bits per heavy atom. The maximum Gasteiger partial charge on any atom is 0.352 e. The van der Waals surface area contributed by atoms with Crippen LogP contribution in [0.4, 0.5) is 0 Å². The van der Waals surface area contributed by atoms with Crippen LogP contribution in [-0.4, -0.2) is 63.6 Å². The number of nitrogens with one attached hydrogen (secondary N) is 2. The van der Waals surface area contributed by atoms with E-state index in [2.05, 4.69) is 10.8 Å². The van der Waals surface area contributed by atoms with Crippen molar-refractivity contribution >= 4 is 47.1 Å². The van der Waals surface area contributed by atoms with E-state index in [4.69, 9.17) is 21.2 Å². The van der Waals surface area contributed by atoms with Crippen molar-refractivity contribution in [1.82, 2.24) is 15.7 Å². The van der Waals surface area contributed by atoms with Gasteiger partial charge in [-0.25, -0.2) is 4.79 Å². The van der Waals surface area contributed by atoms with E-state index in [0.29, 0.717) is 10.6 Å². The quantitative estimate of drug-likeness (QED) is 0.267. The van der Waals surface area contributed by atoms with Gasteiger partial charge in [0, 0.05) is 23.3 Å². The highest BCUT2D eigenvalue weighted by Crippen LogP contribution is 2.40. The third kappa shape index (κ3) is 5.41. The number of carboxylic acid groups (broad SMARTS) is 1. The number of halogens is 1. The maximum absolute atomic E-state index is 12.6. The normalized spacial score (nSPS) is 20.8. The summed E-state index contributed by atoms with van der Waals surface area (Å²) in [5.41, 5.74) is 3.55. The molecule has 3 N–H and O–H groups in total. The van der Waals surface area contributed by atoms with Gasteiger partial charge in [-0.05, 0) is 24.6 Å². The zero-order chi connectivity index (χ0) is 23.4. The Labute approximate surface area is 193 Å². The number of benzene rings is 1. The first-order valence-corrected chi connectivity index (χ1v) is 11.1. The van der Waals surface area contributed by atoms with Crippen LogP contribution in [0.3, 0.4) is 0 Å². The van der Waals surface area contributed by atoms with Crippen LogP contribution in [0.15, 0.2) is 35.5 Å². The van der Waals surface area contributed by atoms with Crippen molar-refractivity contribution in [2.45, 2.75) is 37.9 Å². The van der Waals surface area contributed by atoms with Gasteiger partial charge in [0.1, 0.15) is 29.8 Å². The summed E-state index contributed by atoms with van der Waals surface area (Å²) >= 11 is 7.21. The number of hydrogen-bond donors (Lipinski definition) is 3. The van der Waals surface area contributed by atoms with Crippen LogP contribution in [-0.2, 0) is 35.4 Å². The van der Waals surface area contributed by atoms with Gasteiger partial charge in [0.05, 0.1) is 6.61 Å². The third-order valence-corrected chi connectivity index (χ3v) is 6.35. The van der Waals surface area contributed by atoms with Crippen molar-refractivity contribution in [3.05, 3.63) is 46.1 Å². The second-order valence-electron chi connectivity index (χ2n) is 7.19. The number of fused-ring (bicyclic) bond motifs is 1. The van der Waals surface area contributed by atoms with Crippen molar-refractivity contribution in [2.24, 2.45) is 0 Å². The lowest BCUT2D eigenvalue weighted by atomic mass is 10.0. The number of β-lactam (4-membered cyclic amide) rings is 1. The Kier molecular flexibility index (Phi) is 7.77. The molecule has 1 saturated heterocycles. The van der Waals surface area contributed by atoms with Crippen LogP contribution in [0.5, 0.6) is 0 Å². The summed E-state index contributed by atoms with van der Waals surface area (Å²) in [7, 11) is 0. The molecule has 1 aromatic rings. The molecule has 2 aliphatic heterocycles. The van der Waals surface area contributed by atoms with Crippen molar-refractivity contribution in [3.63, 3.8) is 0 Å². The van der Waals surface area contributed by atoms with E-state index < -0.39 is 41.2 Å². The van der Waals surface area contributed by atoms with Crippen LogP contribution in [0.25, 0.3) is 0 Å². The fourth-order valence-corrected chi connectivity index (χ4v) is 4.73. The number of carbonyl (C=O) groups is 4. The second-order valence-corrected chi connectivity index (χ2v) is 8.73. The summed E-state index contributed by atoms with van der Waals surface area (Å²) in [6, 6.07) is 5.45. The number of esters is 1. The number of hydrogen-bond acceptors (Lipinski definition) is 8. The highest BCUT2D eigenvalue weighted by molar-refractivity contribution is 8.00. The molecule has 12 heteroatoms.